The van der Waals surface area contributed by atoms with E-state index in [1.54, 1.807) is 0 Å². The molecule has 1 fully saturated rings. The van der Waals surface area contributed by atoms with E-state index in [0.717, 1.165) is 48.3 Å². The lowest BCUT2D eigenvalue weighted by molar-refractivity contribution is 0.0497. The number of anilines is 2. The summed E-state index contributed by atoms with van der Waals surface area (Å²) in [5.41, 5.74) is 13.6. The first-order valence-corrected chi connectivity index (χ1v) is 12.4. The number of benzene rings is 1. The molecule has 0 saturated carbocycles. The first kappa shape index (κ1) is 24.5. The highest BCUT2D eigenvalue weighted by Gasteiger charge is 2.25. The van der Waals surface area contributed by atoms with E-state index < -0.39 is 17.6 Å². The molecule has 0 spiro atoms. The Morgan fingerprint density at radius 3 is 2.49 bits per heavy atom. The van der Waals surface area contributed by atoms with Crippen LogP contribution in [0.4, 0.5) is 16.3 Å². The molecule has 184 valence electrons. The fraction of sp³-hybridized carbons (Fsp3) is 0.346. The van der Waals surface area contributed by atoms with Gasteiger partial charge in [-0.05, 0) is 50.8 Å². The van der Waals surface area contributed by atoms with Crippen molar-refractivity contribution < 1.29 is 14.3 Å². The Labute approximate surface area is 209 Å². The lowest BCUT2D eigenvalue weighted by Crippen LogP contribution is -2.46. The first-order chi connectivity index (χ1) is 16.6. The smallest absolute Gasteiger partial charge is 0.407 e. The second-order valence-corrected chi connectivity index (χ2v) is 10.6. The Bertz CT molecular complexity index is 1260. The van der Waals surface area contributed by atoms with Gasteiger partial charge in [0.05, 0.1) is 5.69 Å². The molecule has 4 rings (SSSR count). The molecule has 0 radical (unpaired) electrons. The van der Waals surface area contributed by atoms with Gasteiger partial charge in [-0.15, -0.1) is 11.3 Å². The van der Waals surface area contributed by atoms with Crippen LogP contribution < -0.4 is 21.7 Å². The van der Waals surface area contributed by atoms with Gasteiger partial charge in [0.2, 0.25) is 0 Å². The average Bonchev–Trinajstić information content (AvgIpc) is 3.14. The number of fused-ring (bicyclic) bond motifs is 1. The number of nitrogen functional groups attached to an aromatic ring is 1. The van der Waals surface area contributed by atoms with Crippen molar-refractivity contribution in [3.63, 3.8) is 0 Å². The number of hydrogen-bond donors (Lipinski definition) is 3. The number of nitrogens with zero attached hydrogens (tertiary/aromatic N) is 2. The molecule has 0 unspecified atom stereocenters. The van der Waals surface area contributed by atoms with E-state index in [1.807, 2.05) is 69.3 Å². The number of nitrogens with two attached hydrogens (primary N) is 2. The lowest BCUT2D eigenvalue weighted by atomic mass is 10.0. The number of nitrogens with one attached hydrogen (secondary N) is 1. The number of hydrogen-bond acceptors (Lipinski definition) is 7. The number of thiophene rings is 1. The Morgan fingerprint density at radius 2 is 1.86 bits per heavy atom. The molecule has 35 heavy (non-hydrogen) atoms. The van der Waals surface area contributed by atoms with Gasteiger partial charge < -0.3 is 26.4 Å². The maximum Gasteiger partial charge on any atom is 0.407 e. The molecule has 0 bridgehead atoms. The van der Waals surface area contributed by atoms with E-state index in [1.165, 1.54) is 11.3 Å². The number of pyridine rings is 1. The molecule has 1 aliphatic heterocycles. The van der Waals surface area contributed by atoms with Gasteiger partial charge in [0.15, 0.2) is 0 Å². The lowest BCUT2D eigenvalue weighted by Gasteiger charge is -2.33. The van der Waals surface area contributed by atoms with Gasteiger partial charge in [-0.25, -0.2) is 9.78 Å². The SMILES string of the molecule is CC(C)(C)OC(=O)NC1CCN(c2cc(/C=C/c3ccccc3)c3c(N)c(C(N)=O)sc3n2)CC1. The monoisotopic (exact) mass is 493 g/mol. The predicted molar refractivity (Wildman–Crippen MR) is 143 cm³/mol. The molecule has 1 aliphatic rings. The minimum atomic E-state index is -0.556. The number of amides is 2. The van der Waals surface area contributed by atoms with Gasteiger partial charge in [0.25, 0.3) is 5.91 Å². The van der Waals surface area contributed by atoms with Crippen LogP contribution in [0.3, 0.4) is 0 Å². The summed E-state index contributed by atoms with van der Waals surface area (Å²) in [7, 11) is 0. The number of primary amides is 1. The van der Waals surface area contributed by atoms with E-state index >= 15 is 0 Å². The molecule has 3 aromatic rings. The number of carbonyl (C=O) groups excluding carboxylic acids is 2. The third-order valence-electron chi connectivity index (χ3n) is 5.73. The van der Waals surface area contributed by atoms with Crippen LogP contribution >= 0.6 is 11.3 Å². The molecule has 9 heteroatoms. The molecule has 2 amide bonds. The van der Waals surface area contributed by atoms with Gasteiger partial charge in [-0.2, -0.15) is 0 Å². The number of rotatable bonds is 5. The molecule has 3 heterocycles. The summed E-state index contributed by atoms with van der Waals surface area (Å²) in [6.07, 6.45) is 5.15. The molecule has 1 aromatic carbocycles. The van der Waals surface area contributed by atoms with E-state index in [0.29, 0.717) is 15.4 Å². The van der Waals surface area contributed by atoms with Gasteiger partial charge in [0.1, 0.15) is 21.1 Å². The van der Waals surface area contributed by atoms with Gasteiger partial charge in [-0.3, -0.25) is 4.79 Å². The summed E-state index contributed by atoms with van der Waals surface area (Å²) >= 11 is 1.22. The third kappa shape index (κ3) is 5.92. The second-order valence-electron chi connectivity index (χ2n) is 9.61. The minimum Gasteiger partial charge on any atom is -0.444 e. The summed E-state index contributed by atoms with van der Waals surface area (Å²) in [5, 5.41) is 3.70. The van der Waals surface area contributed by atoms with Crippen molar-refractivity contribution in [2.75, 3.05) is 23.7 Å². The van der Waals surface area contributed by atoms with Gasteiger partial charge >= 0.3 is 6.09 Å². The number of carbonyl (C=O) groups is 2. The number of aromatic nitrogens is 1. The van der Waals surface area contributed by atoms with Crippen LogP contribution in [0.5, 0.6) is 0 Å². The predicted octanol–water partition coefficient (Wildman–Crippen LogP) is 4.64. The molecular formula is C26H31N5O3S. The Balaban J connectivity index is 1.58. The van der Waals surface area contributed by atoms with Crippen molar-refractivity contribution in [2.24, 2.45) is 5.73 Å². The fourth-order valence-corrected chi connectivity index (χ4v) is 5.07. The molecule has 8 nitrogen and oxygen atoms in total. The van der Waals surface area contributed by atoms with Gasteiger partial charge in [-0.1, -0.05) is 42.5 Å². The summed E-state index contributed by atoms with van der Waals surface area (Å²) in [5.74, 6) is 0.247. The number of piperidine rings is 1. The van der Waals surface area contributed by atoms with Crippen molar-refractivity contribution in [1.29, 1.82) is 0 Å². The standard InChI is InChI=1S/C26H31N5O3S/c1-26(2,3)34-25(33)29-18-11-13-31(14-12-18)19-15-17(10-9-16-7-5-4-6-8-16)20-21(27)22(23(28)32)35-24(20)30-19/h4-10,15,18H,11-14,27H2,1-3H3,(H2,28,32)(H,29,33)/b10-9+. The van der Waals surface area contributed by atoms with E-state index in [4.69, 9.17) is 21.2 Å². The Morgan fingerprint density at radius 1 is 1.17 bits per heavy atom. The average molecular weight is 494 g/mol. The number of ether oxygens (including phenoxy) is 1. The normalized spacial score (nSPS) is 15.0. The summed E-state index contributed by atoms with van der Waals surface area (Å²) in [4.78, 5) is 32.1. The van der Waals surface area contributed by atoms with Crippen LogP contribution in [0.15, 0.2) is 36.4 Å². The zero-order valence-electron chi connectivity index (χ0n) is 20.2. The van der Waals surface area contributed by atoms with Crippen molar-refractivity contribution in [1.82, 2.24) is 10.3 Å². The van der Waals surface area contributed by atoms with Crippen LogP contribution in [0.25, 0.3) is 22.4 Å². The molecular weight excluding hydrogens is 462 g/mol. The summed E-state index contributed by atoms with van der Waals surface area (Å²) in [6, 6.07) is 12.0. The Kier molecular flexibility index (Phi) is 6.98. The molecule has 2 aromatic heterocycles. The van der Waals surface area contributed by atoms with Crippen molar-refractivity contribution in [2.45, 2.75) is 45.3 Å². The topological polar surface area (TPSA) is 124 Å². The minimum absolute atomic E-state index is 0.0427. The highest BCUT2D eigenvalue weighted by molar-refractivity contribution is 7.21. The quantitative estimate of drug-likeness (QED) is 0.476. The summed E-state index contributed by atoms with van der Waals surface area (Å²) < 4.78 is 5.38. The molecule has 1 saturated heterocycles. The zero-order valence-corrected chi connectivity index (χ0v) is 21.0. The zero-order chi connectivity index (χ0) is 25.2. The second kappa shape index (κ2) is 9.95. The molecule has 0 atom stereocenters. The van der Waals surface area contributed by atoms with Crippen molar-refractivity contribution in [3.05, 3.63) is 52.4 Å². The Hall–Kier alpha value is -3.59. The fourth-order valence-electron chi connectivity index (χ4n) is 4.09. The van der Waals surface area contributed by atoms with Gasteiger partial charge in [0, 0.05) is 24.5 Å². The summed E-state index contributed by atoms with van der Waals surface area (Å²) in [6.45, 7) is 7.00. The molecule has 5 N–H and O–H groups in total. The van der Waals surface area contributed by atoms with E-state index in [9.17, 15) is 9.59 Å². The van der Waals surface area contributed by atoms with Crippen LogP contribution in [0, 0.1) is 0 Å². The maximum atomic E-state index is 12.1. The van der Waals surface area contributed by atoms with Crippen molar-refractivity contribution in [3.8, 4) is 0 Å². The van der Waals surface area contributed by atoms with Crippen molar-refractivity contribution >= 4 is 57.2 Å². The highest BCUT2D eigenvalue weighted by atomic mass is 32.1. The number of alkyl carbamates (subject to hydrolysis) is 1. The van der Waals surface area contributed by atoms with Crippen LogP contribution in [0.1, 0.15) is 54.4 Å². The third-order valence-corrected chi connectivity index (χ3v) is 6.85. The largest absolute Gasteiger partial charge is 0.444 e. The van der Waals surface area contributed by atoms with E-state index in [2.05, 4.69) is 10.2 Å². The molecule has 0 aliphatic carbocycles. The highest BCUT2D eigenvalue weighted by Crippen LogP contribution is 2.37. The van der Waals surface area contributed by atoms with Crippen LogP contribution in [0.2, 0.25) is 0 Å². The van der Waals surface area contributed by atoms with E-state index in [-0.39, 0.29) is 6.04 Å². The first-order valence-electron chi connectivity index (χ1n) is 11.6. The van der Waals surface area contributed by atoms with Crippen LogP contribution in [-0.4, -0.2) is 41.7 Å². The maximum absolute atomic E-state index is 12.1. The van der Waals surface area contributed by atoms with Crippen LogP contribution in [-0.2, 0) is 4.74 Å².